The fraction of sp³-hybridized carbons (Fsp3) is 0.130. The van der Waals surface area contributed by atoms with Gasteiger partial charge in [-0.25, -0.2) is 0 Å². The molecule has 4 aliphatic rings. The number of halogens is 2. The summed E-state index contributed by atoms with van der Waals surface area (Å²) in [7, 11) is -3.35. The number of hydrogen-bond acceptors (Lipinski definition) is 2. The molecule has 0 saturated heterocycles. The lowest BCUT2D eigenvalue weighted by atomic mass is 9.95. The first-order valence-corrected chi connectivity index (χ1v) is 20.1. The normalized spacial score (nSPS) is 12.0. The number of aryl methyl sites for hydroxylation is 2. The van der Waals surface area contributed by atoms with E-state index < -0.39 is 8.56 Å². The lowest BCUT2D eigenvalue weighted by molar-refractivity contribution is 0.208. The summed E-state index contributed by atoms with van der Waals surface area (Å²) in [5.74, 6) is 0. The van der Waals surface area contributed by atoms with Gasteiger partial charge in [-0.2, -0.15) is 0 Å². The van der Waals surface area contributed by atoms with Gasteiger partial charge in [0.25, 0.3) is 0 Å². The molecule has 0 fully saturated rings. The highest BCUT2D eigenvalue weighted by atomic mass is 35.5. The SMILES string of the molecule is CCO[Si](OCC)(c1c(C)cc2c(-c3ccc(Cl)c4ccccc34)ccccc1-2)c1c(C)cc2c(-c3ccc(Cl)c4ccccc34)ccccc1-2. The molecule has 5 heteroatoms. The van der Waals surface area contributed by atoms with Crippen LogP contribution in [0.25, 0.3) is 66.1 Å². The molecule has 0 atom stereocenters. The van der Waals surface area contributed by atoms with Crippen molar-refractivity contribution in [2.75, 3.05) is 13.2 Å². The van der Waals surface area contributed by atoms with Crippen molar-refractivity contribution in [1.29, 1.82) is 0 Å². The molecule has 4 aromatic rings. The zero-order valence-corrected chi connectivity index (χ0v) is 31.7. The summed E-state index contributed by atoms with van der Waals surface area (Å²) in [4.78, 5) is 0. The lowest BCUT2D eigenvalue weighted by Gasteiger charge is -2.33. The van der Waals surface area contributed by atoms with Crippen molar-refractivity contribution < 1.29 is 8.85 Å². The van der Waals surface area contributed by atoms with Gasteiger partial charge in [0.1, 0.15) is 0 Å². The predicted octanol–water partition coefficient (Wildman–Crippen LogP) is 12.1. The second-order valence-corrected chi connectivity index (χ2v) is 16.7. The van der Waals surface area contributed by atoms with E-state index in [1.807, 2.05) is 24.3 Å². The Labute approximate surface area is 311 Å². The van der Waals surface area contributed by atoms with Gasteiger partial charge in [0.05, 0.1) is 0 Å². The fourth-order valence-corrected chi connectivity index (χ4v) is 12.7. The molecule has 0 unspecified atom stereocenters. The molecule has 0 radical (unpaired) electrons. The van der Waals surface area contributed by atoms with E-state index >= 15 is 0 Å². The summed E-state index contributed by atoms with van der Waals surface area (Å²) in [6.07, 6.45) is 0. The molecule has 252 valence electrons. The summed E-state index contributed by atoms with van der Waals surface area (Å²) in [5, 5.41) is 8.18. The summed E-state index contributed by atoms with van der Waals surface area (Å²) >= 11 is 13.4. The lowest BCUT2D eigenvalue weighted by Crippen LogP contribution is -2.65. The van der Waals surface area contributed by atoms with Crippen molar-refractivity contribution in [3.63, 3.8) is 0 Å². The Morgan fingerprint density at radius 3 is 1.16 bits per heavy atom. The van der Waals surface area contributed by atoms with Gasteiger partial charge < -0.3 is 8.85 Å². The van der Waals surface area contributed by atoms with Gasteiger partial charge >= 0.3 is 8.56 Å². The van der Waals surface area contributed by atoms with Gasteiger partial charge in [-0.3, -0.25) is 0 Å². The third-order valence-electron chi connectivity index (χ3n) is 10.2. The first kappa shape index (κ1) is 33.6. The van der Waals surface area contributed by atoms with E-state index in [4.69, 9.17) is 32.1 Å². The summed E-state index contributed by atoms with van der Waals surface area (Å²) in [6.45, 7) is 9.63. The first-order chi connectivity index (χ1) is 24.9. The van der Waals surface area contributed by atoms with E-state index in [0.717, 1.165) is 75.3 Å². The second kappa shape index (κ2) is 13.6. The van der Waals surface area contributed by atoms with Crippen LogP contribution < -0.4 is 10.4 Å². The van der Waals surface area contributed by atoms with E-state index in [9.17, 15) is 0 Å². The van der Waals surface area contributed by atoms with Crippen molar-refractivity contribution >= 4 is 63.7 Å². The molecule has 2 nitrogen and oxygen atoms in total. The average Bonchev–Trinajstić information content (AvgIpc) is 3.47. The number of benzene rings is 4. The standard InChI is InChI=1S/C46H38Cl2O2Si/c1-5-49-51(50-6-2,45-29(3)27-41-33(17-9-13-21-39(41)45)35-23-25-43(47)37-19-11-7-15-31(35)37)46-30(4)28-42-34(18-10-14-22-40(42)46)36-24-26-44(48)38-20-12-8-16-32(36)38/h7-28H,5-6H2,1-4H3. The van der Waals surface area contributed by atoms with Crippen LogP contribution in [0.4, 0.5) is 0 Å². The van der Waals surface area contributed by atoms with Crippen molar-refractivity contribution in [2.45, 2.75) is 27.7 Å². The minimum Gasteiger partial charge on any atom is -0.388 e. The number of fused-ring (bicyclic) bond motifs is 4. The van der Waals surface area contributed by atoms with Gasteiger partial charge in [0.2, 0.25) is 0 Å². The molecule has 0 spiro atoms. The van der Waals surface area contributed by atoms with Crippen molar-refractivity contribution in [3.8, 4) is 44.5 Å². The Kier molecular flexibility index (Phi) is 8.96. The Bertz CT molecular complexity index is 2350. The summed E-state index contributed by atoms with van der Waals surface area (Å²) in [5.41, 5.74) is 11.6. The Morgan fingerprint density at radius 1 is 0.412 bits per heavy atom. The Hall–Kier alpha value is -4.48. The van der Waals surface area contributed by atoms with Crippen LogP contribution in [0.5, 0.6) is 0 Å². The Balaban J connectivity index is 1.38. The van der Waals surface area contributed by atoms with E-state index in [2.05, 4.69) is 137 Å². The molecule has 0 saturated carbocycles. The highest BCUT2D eigenvalue weighted by Gasteiger charge is 2.49. The van der Waals surface area contributed by atoms with Crippen LogP contribution in [0, 0.1) is 13.8 Å². The molecule has 4 aliphatic carbocycles. The fourth-order valence-electron chi connectivity index (χ4n) is 8.21. The van der Waals surface area contributed by atoms with Crippen LogP contribution in [0.2, 0.25) is 10.0 Å². The van der Waals surface area contributed by atoms with Crippen LogP contribution in [0.3, 0.4) is 0 Å². The number of hydrogen-bond donors (Lipinski definition) is 0. The number of rotatable bonds is 8. The van der Waals surface area contributed by atoms with Gasteiger partial charge in [0, 0.05) is 44.4 Å². The van der Waals surface area contributed by atoms with Gasteiger partial charge in [0.15, 0.2) is 0 Å². The highest BCUT2D eigenvalue weighted by molar-refractivity contribution is 6.95. The van der Waals surface area contributed by atoms with Crippen LogP contribution in [-0.2, 0) is 8.85 Å². The molecule has 0 aromatic heterocycles. The molecule has 0 N–H and O–H groups in total. The smallest absolute Gasteiger partial charge is 0.388 e. The third kappa shape index (κ3) is 5.47. The Morgan fingerprint density at radius 2 is 0.765 bits per heavy atom. The maximum atomic E-state index is 7.14. The summed E-state index contributed by atoms with van der Waals surface area (Å²) < 4.78 is 14.3. The minimum absolute atomic E-state index is 0.520. The molecule has 4 aromatic carbocycles. The van der Waals surface area contributed by atoms with Gasteiger partial charge in [-0.05, 0) is 106 Å². The van der Waals surface area contributed by atoms with Crippen LogP contribution in [0.15, 0.2) is 133 Å². The maximum Gasteiger partial charge on any atom is 0.408 e. The zero-order valence-electron chi connectivity index (χ0n) is 29.2. The molecule has 0 amide bonds. The molecular weight excluding hydrogens is 683 g/mol. The van der Waals surface area contributed by atoms with E-state index in [0.29, 0.717) is 13.2 Å². The molecule has 8 rings (SSSR count). The van der Waals surface area contributed by atoms with E-state index in [1.165, 1.54) is 22.3 Å². The second-order valence-electron chi connectivity index (χ2n) is 13.1. The zero-order chi connectivity index (χ0) is 35.3. The molecule has 0 bridgehead atoms. The first-order valence-electron chi connectivity index (χ1n) is 17.6. The van der Waals surface area contributed by atoms with Crippen LogP contribution in [-0.4, -0.2) is 21.8 Å². The quantitative estimate of drug-likeness (QED) is 0.145. The van der Waals surface area contributed by atoms with Crippen molar-refractivity contribution in [2.24, 2.45) is 0 Å². The topological polar surface area (TPSA) is 18.5 Å². The molecule has 0 aliphatic heterocycles. The molecule has 0 heterocycles. The summed E-state index contributed by atoms with van der Waals surface area (Å²) in [6, 6.07) is 47.2. The largest absolute Gasteiger partial charge is 0.408 e. The monoisotopic (exact) mass is 720 g/mol. The van der Waals surface area contributed by atoms with Crippen LogP contribution in [0.1, 0.15) is 25.0 Å². The minimum atomic E-state index is -3.35. The van der Waals surface area contributed by atoms with E-state index in [1.54, 1.807) is 0 Å². The third-order valence-corrected chi connectivity index (χ3v) is 14.9. The molecular formula is C46H38Cl2O2Si. The van der Waals surface area contributed by atoms with Crippen molar-refractivity contribution in [3.05, 3.63) is 155 Å². The average molecular weight is 722 g/mol. The van der Waals surface area contributed by atoms with Gasteiger partial charge in [-0.15, -0.1) is 0 Å². The maximum absolute atomic E-state index is 7.14. The highest BCUT2D eigenvalue weighted by Crippen LogP contribution is 2.43. The van der Waals surface area contributed by atoms with Crippen molar-refractivity contribution in [1.82, 2.24) is 0 Å². The van der Waals surface area contributed by atoms with Crippen LogP contribution >= 0.6 is 23.2 Å². The molecule has 51 heavy (non-hydrogen) atoms. The van der Waals surface area contributed by atoms with Gasteiger partial charge in [-0.1, -0.05) is 145 Å². The predicted molar refractivity (Wildman–Crippen MR) is 220 cm³/mol. The van der Waals surface area contributed by atoms with E-state index in [-0.39, 0.29) is 0 Å².